The maximum absolute atomic E-state index is 4.46. The lowest BCUT2D eigenvalue weighted by molar-refractivity contribution is 1.08. The number of pyridine rings is 1. The molecule has 0 fully saturated rings. The van der Waals surface area contributed by atoms with Crippen LogP contribution < -0.4 is 0 Å². The average Bonchev–Trinajstić information content (AvgIpc) is 2.89. The number of thiophene rings is 1. The number of aryl methyl sites for hydroxylation is 1. The van der Waals surface area contributed by atoms with Gasteiger partial charge in [0.15, 0.2) is 0 Å². The first kappa shape index (κ1) is 8.86. The van der Waals surface area contributed by atoms with Crippen LogP contribution in [0.15, 0.2) is 35.8 Å². The molecule has 0 saturated carbocycles. The molecule has 3 rings (SSSR count). The van der Waals surface area contributed by atoms with Crippen molar-refractivity contribution in [1.82, 2.24) is 4.98 Å². The van der Waals surface area contributed by atoms with E-state index in [1.54, 1.807) is 11.3 Å². The van der Waals surface area contributed by atoms with Crippen molar-refractivity contribution < 1.29 is 0 Å². The molecule has 2 heterocycles. The first-order valence-electron chi connectivity index (χ1n) is 5.12. The summed E-state index contributed by atoms with van der Waals surface area (Å²) in [4.78, 5) is 5.78. The quantitative estimate of drug-likeness (QED) is 0.705. The van der Waals surface area contributed by atoms with Crippen molar-refractivity contribution in [1.29, 1.82) is 0 Å². The molecule has 2 heteroatoms. The average molecular weight is 213 g/mol. The summed E-state index contributed by atoms with van der Waals surface area (Å²) in [5, 5.41) is 2.11. The molecule has 0 atom stereocenters. The summed E-state index contributed by atoms with van der Waals surface area (Å²) in [6.45, 7) is 0. The molecular formula is C13H11NS. The van der Waals surface area contributed by atoms with Crippen LogP contribution in [0.4, 0.5) is 0 Å². The van der Waals surface area contributed by atoms with E-state index in [9.17, 15) is 0 Å². The van der Waals surface area contributed by atoms with Gasteiger partial charge in [0, 0.05) is 11.1 Å². The first-order valence-corrected chi connectivity index (χ1v) is 6.00. The van der Waals surface area contributed by atoms with Gasteiger partial charge in [-0.05, 0) is 47.6 Å². The number of aromatic nitrogens is 1. The second-order valence-electron chi connectivity index (χ2n) is 3.70. The molecule has 0 aliphatic heterocycles. The first-order chi connectivity index (χ1) is 7.43. The monoisotopic (exact) mass is 213 g/mol. The topological polar surface area (TPSA) is 12.9 Å². The van der Waals surface area contributed by atoms with E-state index in [-0.39, 0.29) is 0 Å². The van der Waals surface area contributed by atoms with Crippen molar-refractivity contribution in [3.63, 3.8) is 0 Å². The van der Waals surface area contributed by atoms with Gasteiger partial charge >= 0.3 is 0 Å². The zero-order chi connectivity index (χ0) is 10.1. The predicted molar refractivity (Wildman–Crippen MR) is 64.7 cm³/mol. The molecule has 0 amide bonds. The van der Waals surface area contributed by atoms with Crippen LogP contribution in [0.25, 0.3) is 11.6 Å². The number of hydrogen-bond acceptors (Lipinski definition) is 2. The molecule has 2 aromatic rings. The van der Waals surface area contributed by atoms with Crippen LogP contribution in [-0.4, -0.2) is 4.98 Å². The second kappa shape index (κ2) is 3.63. The smallest absolute Gasteiger partial charge is 0.0694 e. The Labute approximate surface area is 93.1 Å². The highest BCUT2D eigenvalue weighted by atomic mass is 32.1. The molecule has 0 unspecified atom stereocenters. The van der Waals surface area contributed by atoms with Gasteiger partial charge in [0.05, 0.1) is 5.69 Å². The van der Waals surface area contributed by atoms with Crippen molar-refractivity contribution in [2.24, 2.45) is 0 Å². The Bertz CT molecular complexity index is 497. The Morgan fingerprint density at radius 3 is 3.07 bits per heavy atom. The Hall–Kier alpha value is -1.41. The Balaban J connectivity index is 2.04. The fourth-order valence-corrected chi connectivity index (χ4v) is 2.68. The van der Waals surface area contributed by atoms with E-state index in [4.69, 9.17) is 0 Å². The molecule has 0 bridgehead atoms. The van der Waals surface area contributed by atoms with E-state index in [1.165, 1.54) is 21.7 Å². The third-order valence-corrected chi connectivity index (χ3v) is 3.54. The van der Waals surface area contributed by atoms with Crippen LogP contribution in [-0.2, 0) is 6.42 Å². The second-order valence-corrected chi connectivity index (χ2v) is 4.68. The lowest BCUT2D eigenvalue weighted by atomic mass is 10.2. The zero-order valence-corrected chi connectivity index (χ0v) is 9.13. The third-order valence-electron chi connectivity index (χ3n) is 2.72. The normalized spacial score (nSPS) is 16.9. The van der Waals surface area contributed by atoms with E-state index in [0.717, 1.165) is 12.8 Å². The molecule has 15 heavy (non-hydrogen) atoms. The highest BCUT2D eigenvalue weighted by Gasteiger charge is 2.16. The van der Waals surface area contributed by atoms with E-state index in [1.807, 2.05) is 12.3 Å². The summed E-state index contributed by atoms with van der Waals surface area (Å²) in [5.74, 6) is 0. The molecule has 0 aromatic carbocycles. The fourth-order valence-electron chi connectivity index (χ4n) is 2.00. The van der Waals surface area contributed by atoms with E-state index in [2.05, 4.69) is 34.6 Å². The maximum Gasteiger partial charge on any atom is 0.0694 e. The molecule has 0 N–H and O–H groups in total. The lowest BCUT2D eigenvalue weighted by Gasteiger charge is -1.97. The van der Waals surface area contributed by atoms with Gasteiger partial charge in [0.25, 0.3) is 0 Å². The van der Waals surface area contributed by atoms with Gasteiger partial charge in [0.1, 0.15) is 0 Å². The molecule has 0 radical (unpaired) electrons. The Morgan fingerprint density at radius 1 is 1.20 bits per heavy atom. The van der Waals surface area contributed by atoms with E-state index in [0.29, 0.717) is 0 Å². The number of allylic oxidation sites excluding steroid dienone is 1. The molecule has 74 valence electrons. The minimum absolute atomic E-state index is 1.13. The summed E-state index contributed by atoms with van der Waals surface area (Å²) in [7, 11) is 0. The highest BCUT2D eigenvalue weighted by Crippen LogP contribution is 2.32. The number of hydrogen-bond donors (Lipinski definition) is 0. The SMILES string of the molecule is C(=C1CCc2cccnc21)c1cccs1. The van der Waals surface area contributed by atoms with Crippen LogP contribution in [0.3, 0.4) is 0 Å². The summed E-state index contributed by atoms with van der Waals surface area (Å²) >= 11 is 1.78. The van der Waals surface area contributed by atoms with Crippen LogP contribution in [0.1, 0.15) is 22.6 Å². The molecule has 1 aliphatic carbocycles. The summed E-state index contributed by atoms with van der Waals surface area (Å²) in [6.07, 6.45) is 6.42. The highest BCUT2D eigenvalue weighted by molar-refractivity contribution is 7.10. The lowest BCUT2D eigenvalue weighted by Crippen LogP contribution is -1.84. The summed E-state index contributed by atoms with van der Waals surface area (Å²) < 4.78 is 0. The minimum Gasteiger partial charge on any atom is -0.256 e. The molecule has 0 saturated heterocycles. The van der Waals surface area contributed by atoms with E-state index < -0.39 is 0 Å². The van der Waals surface area contributed by atoms with Gasteiger partial charge in [-0.3, -0.25) is 4.98 Å². The largest absolute Gasteiger partial charge is 0.256 e. The van der Waals surface area contributed by atoms with Crippen molar-refractivity contribution in [2.45, 2.75) is 12.8 Å². The van der Waals surface area contributed by atoms with E-state index >= 15 is 0 Å². The fraction of sp³-hybridized carbons (Fsp3) is 0.154. The number of nitrogens with zero attached hydrogens (tertiary/aromatic N) is 1. The van der Waals surface area contributed by atoms with Crippen molar-refractivity contribution in [3.8, 4) is 0 Å². The van der Waals surface area contributed by atoms with Crippen molar-refractivity contribution >= 4 is 23.0 Å². The van der Waals surface area contributed by atoms with Gasteiger partial charge in [-0.1, -0.05) is 12.1 Å². The molecule has 2 aromatic heterocycles. The molecular weight excluding hydrogens is 202 g/mol. The predicted octanol–water partition coefficient (Wildman–Crippen LogP) is 3.63. The van der Waals surface area contributed by atoms with Gasteiger partial charge in [-0.25, -0.2) is 0 Å². The van der Waals surface area contributed by atoms with Crippen LogP contribution >= 0.6 is 11.3 Å². The summed E-state index contributed by atoms with van der Waals surface area (Å²) in [5.41, 5.74) is 3.97. The minimum atomic E-state index is 1.13. The molecule has 0 spiro atoms. The third kappa shape index (κ3) is 1.61. The molecule has 1 nitrogen and oxygen atoms in total. The van der Waals surface area contributed by atoms with Gasteiger partial charge in [-0.2, -0.15) is 0 Å². The van der Waals surface area contributed by atoms with Gasteiger partial charge in [0.2, 0.25) is 0 Å². The van der Waals surface area contributed by atoms with Crippen LogP contribution in [0.2, 0.25) is 0 Å². The maximum atomic E-state index is 4.46. The van der Waals surface area contributed by atoms with Crippen molar-refractivity contribution in [3.05, 3.63) is 52.0 Å². The standard InChI is InChI=1S/C13H11NS/c1-3-10-5-6-11(13(10)14-7-1)9-12-4-2-8-15-12/h1-4,7-9H,5-6H2. The van der Waals surface area contributed by atoms with Crippen LogP contribution in [0.5, 0.6) is 0 Å². The number of rotatable bonds is 1. The Kier molecular flexibility index (Phi) is 2.14. The van der Waals surface area contributed by atoms with Crippen molar-refractivity contribution in [2.75, 3.05) is 0 Å². The number of fused-ring (bicyclic) bond motifs is 1. The van der Waals surface area contributed by atoms with Gasteiger partial charge in [-0.15, -0.1) is 11.3 Å². The Morgan fingerprint density at radius 2 is 2.20 bits per heavy atom. The zero-order valence-electron chi connectivity index (χ0n) is 8.31. The van der Waals surface area contributed by atoms with Crippen LogP contribution in [0, 0.1) is 0 Å². The summed E-state index contributed by atoms with van der Waals surface area (Å²) in [6, 6.07) is 8.44. The van der Waals surface area contributed by atoms with Gasteiger partial charge < -0.3 is 0 Å². The molecule has 1 aliphatic rings.